The van der Waals surface area contributed by atoms with Crippen LogP contribution in [0.5, 0.6) is 11.5 Å². The van der Waals surface area contributed by atoms with Crippen LogP contribution in [-0.2, 0) is 0 Å². The Labute approximate surface area is 118 Å². The molecule has 0 spiro atoms. The first kappa shape index (κ1) is 12.3. The van der Waals surface area contributed by atoms with E-state index in [1.54, 1.807) is 0 Å². The highest BCUT2D eigenvalue weighted by Gasteiger charge is 2.07. The molecule has 2 nitrogen and oxygen atoms in total. The molecule has 0 aliphatic heterocycles. The Balaban J connectivity index is 2.01. The average molecular weight is 260 g/mol. The van der Waals surface area contributed by atoms with Crippen LogP contribution in [0.3, 0.4) is 0 Å². The highest BCUT2D eigenvalue weighted by atomic mass is 16.5. The maximum absolute atomic E-state index is 5.95. The smallest absolute Gasteiger partial charge is 0.150 e. The van der Waals surface area contributed by atoms with Gasteiger partial charge in [-0.05, 0) is 35.9 Å². The van der Waals surface area contributed by atoms with Gasteiger partial charge in [-0.15, -0.1) is 0 Å². The Morgan fingerprint density at radius 2 is 1.55 bits per heavy atom. The summed E-state index contributed by atoms with van der Waals surface area (Å²) in [6.07, 6.45) is 0. The second-order valence-corrected chi connectivity index (χ2v) is 4.43. The van der Waals surface area contributed by atoms with Crippen molar-refractivity contribution in [1.82, 2.24) is 0 Å². The summed E-state index contributed by atoms with van der Waals surface area (Å²) in [5.41, 5.74) is 8.64. The van der Waals surface area contributed by atoms with Gasteiger partial charge in [-0.3, -0.25) is 0 Å². The monoisotopic (exact) mass is 260 g/mol. The number of para-hydroxylation sites is 2. The number of anilines is 1. The van der Waals surface area contributed by atoms with Crippen molar-refractivity contribution in [2.24, 2.45) is 0 Å². The first-order chi connectivity index (χ1) is 9.84. The van der Waals surface area contributed by atoms with E-state index in [0.29, 0.717) is 11.4 Å². The maximum atomic E-state index is 5.95. The fraction of sp³-hybridized carbons (Fsp3) is 0. The quantitative estimate of drug-likeness (QED) is 0.702. The van der Waals surface area contributed by atoms with Crippen LogP contribution in [0.1, 0.15) is 0 Å². The summed E-state index contributed by atoms with van der Waals surface area (Å²) in [5, 5.41) is 0. The Kier molecular flexibility index (Phi) is 3.38. The first-order valence-electron chi connectivity index (χ1n) is 6.42. The van der Waals surface area contributed by atoms with E-state index in [4.69, 9.17) is 10.5 Å². The Morgan fingerprint density at radius 3 is 2.35 bits per heavy atom. The molecule has 0 unspecified atom stereocenters. The highest BCUT2D eigenvalue weighted by Crippen LogP contribution is 2.34. The zero-order valence-corrected chi connectivity index (χ0v) is 10.9. The summed E-state index contributed by atoms with van der Waals surface area (Å²) >= 11 is 0. The molecule has 3 aromatic rings. The Morgan fingerprint density at radius 1 is 0.800 bits per heavy atom. The fourth-order valence-electron chi connectivity index (χ4n) is 2.04. The van der Waals surface area contributed by atoms with Gasteiger partial charge in [0.25, 0.3) is 0 Å². The molecule has 0 heterocycles. The number of hydrogen-bond donors (Lipinski definition) is 1. The number of nitrogens with two attached hydrogens (primary N) is 1. The van der Waals surface area contributed by atoms with Crippen molar-refractivity contribution in [3.05, 3.63) is 78.9 Å². The van der Waals surface area contributed by atoms with E-state index >= 15 is 0 Å². The molecule has 0 aliphatic rings. The van der Waals surface area contributed by atoms with Gasteiger partial charge in [-0.2, -0.15) is 0 Å². The Bertz CT molecular complexity index is 707. The summed E-state index contributed by atoms with van der Waals surface area (Å²) in [6, 6.07) is 26.3. The van der Waals surface area contributed by atoms with Gasteiger partial charge in [0.15, 0.2) is 0 Å². The van der Waals surface area contributed by atoms with E-state index in [1.807, 2.05) is 72.8 Å². The van der Waals surface area contributed by atoms with Gasteiger partial charge in [-0.1, -0.05) is 48.5 Å². The molecule has 0 bridgehead atoms. The van der Waals surface area contributed by atoms with Crippen LogP contribution in [-0.4, -0.2) is 0 Å². The summed E-state index contributed by atoms with van der Waals surface area (Å²) in [5.74, 6) is 1.43. The van der Waals surface area contributed by atoms with E-state index in [1.165, 1.54) is 0 Å². The van der Waals surface area contributed by atoms with Crippen molar-refractivity contribution < 1.29 is 4.74 Å². The topological polar surface area (TPSA) is 35.2 Å². The third-order valence-electron chi connectivity index (χ3n) is 3.05. The lowest BCUT2D eigenvalue weighted by molar-refractivity contribution is 0.487. The lowest BCUT2D eigenvalue weighted by atomic mass is 10.0. The Hall–Kier alpha value is -2.74. The molecule has 0 saturated carbocycles. The van der Waals surface area contributed by atoms with Gasteiger partial charge in [0, 0.05) is 5.56 Å². The molecule has 0 saturated heterocycles. The van der Waals surface area contributed by atoms with Crippen molar-refractivity contribution in [2.75, 3.05) is 5.73 Å². The maximum Gasteiger partial charge on any atom is 0.150 e. The van der Waals surface area contributed by atoms with Crippen LogP contribution in [0.15, 0.2) is 72.8 Å². The van der Waals surface area contributed by atoms with Crippen molar-refractivity contribution >= 4 is 5.69 Å². The predicted octanol–water partition coefficient (Wildman–Crippen LogP) is 4.53. The number of nitrogen functional groups attached to an aromatic ring is 1. The standard InChI is InChI=1S/C18H14NO/c19-16-11-5-7-13-18(16)20-17-12-6-4-10-15(17)14-8-2-1-3-9-14/h1-3,5-13H,19H2. The second-order valence-electron chi connectivity index (χ2n) is 4.43. The zero-order valence-electron chi connectivity index (χ0n) is 10.9. The molecule has 0 atom stereocenters. The number of rotatable bonds is 3. The summed E-state index contributed by atoms with van der Waals surface area (Å²) in [4.78, 5) is 0. The van der Waals surface area contributed by atoms with E-state index in [2.05, 4.69) is 6.07 Å². The predicted molar refractivity (Wildman–Crippen MR) is 81.6 cm³/mol. The third-order valence-corrected chi connectivity index (χ3v) is 3.05. The minimum Gasteiger partial charge on any atom is -0.455 e. The first-order valence-corrected chi connectivity index (χ1v) is 6.42. The van der Waals surface area contributed by atoms with Gasteiger partial charge in [0.2, 0.25) is 0 Å². The highest BCUT2D eigenvalue weighted by molar-refractivity contribution is 5.71. The van der Waals surface area contributed by atoms with Crippen LogP contribution in [0.25, 0.3) is 11.1 Å². The third kappa shape index (κ3) is 2.50. The van der Waals surface area contributed by atoms with Gasteiger partial charge < -0.3 is 10.5 Å². The van der Waals surface area contributed by atoms with Crippen LogP contribution in [0.4, 0.5) is 5.69 Å². The molecule has 97 valence electrons. The summed E-state index contributed by atoms with van der Waals surface area (Å²) in [7, 11) is 0. The molecule has 0 amide bonds. The average Bonchev–Trinajstić information content (AvgIpc) is 2.51. The van der Waals surface area contributed by atoms with Crippen molar-refractivity contribution in [1.29, 1.82) is 0 Å². The zero-order chi connectivity index (χ0) is 13.8. The minimum absolute atomic E-state index is 0.624. The van der Waals surface area contributed by atoms with E-state index in [-0.39, 0.29) is 0 Å². The van der Waals surface area contributed by atoms with Crippen LogP contribution < -0.4 is 10.5 Å². The van der Waals surface area contributed by atoms with Crippen molar-refractivity contribution in [3.8, 4) is 22.6 Å². The fourth-order valence-corrected chi connectivity index (χ4v) is 2.04. The van der Waals surface area contributed by atoms with Crippen molar-refractivity contribution in [3.63, 3.8) is 0 Å². The molecule has 3 rings (SSSR count). The SMILES string of the molecule is Nc1ccccc1Oc1cc[c]cc1-c1ccccc1. The summed E-state index contributed by atoms with van der Waals surface area (Å²) in [6.45, 7) is 0. The molecule has 0 fully saturated rings. The van der Waals surface area contributed by atoms with Gasteiger partial charge in [0.05, 0.1) is 5.69 Å². The lowest BCUT2D eigenvalue weighted by Gasteiger charge is -2.12. The number of hydrogen-bond acceptors (Lipinski definition) is 2. The van der Waals surface area contributed by atoms with E-state index in [9.17, 15) is 0 Å². The van der Waals surface area contributed by atoms with E-state index in [0.717, 1.165) is 16.9 Å². The molecule has 0 aliphatic carbocycles. The molecule has 1 radical (unpaired) electrons. The van der Waals surface area contributed by atoms with E-state index < -0.39 is 0 Å². The van der Waals surface area contributed by atoms with Gasteiger partial charge in [-0.25, -0.2) is 0 Å². The molecule has 2 N–H and O–H groups in total. The molecule has 20 heavy (non-hydrogen) atoms. The lowest BCUT2D eigenvalue weighted by Crippen LogP contribution is -1.93. The number of benzene rings is 3. The molecule has 3 aromatic carbocycles. The molecular formula is C18H14NO. The minimum atomic E-state index is 0.624. The van der Waals surface area contributed by atoms with Crippen LogP contribution in [0, 0.1) is 6.07 Å². The largest absolute Gasteiger partial charge is 0.455 e. The second kappa shape index (κ2) is 5.49. The van der Waals surface area contributed by atoms with Crippen molar-refractivity contribution in [2.45, 2.75) is 0 Å². The summed E-state index contributed by atoms with van der Waals surface area (Å²) < 4.78 is 5.95. The molecular weight excluding hydrogens is 246 g/mol. The number of ether oxygens (including phenoxy) is 1. The normalized spacial score (nSPS) is 10.2. The molecule has 0 aromatic heterocycles. The molecule has 2 heteroatoms. The van der Waals surface area contributed by atoms with Gasteiger partial charge in [0.1, 0.15) is 11.5 Å². The van der Waals surface area contributed by atoms with Gasteiger partial charge >= 0.3 is 0 Å². The van der Waals surface area contributed by atoms with Crippen LogP contribution in [0.2, 0.25) is 0 Å². The van der Waals surface area contributed by atoms with Crippen LogP contribution >= 0.6 is 0 Å².